The molecule has 0 saturated heterocycles. The first-order valence-electron chi connectivity index (χ1n) is 5.42. The first kappa shape index (κ1) is 12.2. The van der Waals surface area contributed by atoms with Gasteiger partial charge in [-0.25, -0.2) is 0 Å². The third-order valence-electron chi connectivity index (χ3n) is 2.31. The molecule has 1 aromatic rings. The van der Waals surface area contributed by atoms with Crippen LogP contribution in [-0.4, -0.2) is 5.75 Å². The van der Waals surface area contributed by atoms with Crippen LogP contribution in [-0.2, 0) is 0 Å². The zero-order chi connectivity index (χ0) is 11.1. The van der Waals surface area contributed by atoms with E-state index >= 15 is 0 Å². The third kappa shape index (κ3) is 4.01. The van der Waals surface area contributed by atoms with Gasteiger partial charge in [-0.05, 0) is 24.7 Å². The van der Waals surface area contributed by atoms with E-state index in [4.69, 9.17) is 6.42 Å². The second-order valence-corrected chi connectivity index (χ2v) is 4.89. The Morgan fingerprint density at radius 2 is 2.00 bits per heavy atom. The molecule has 0 fully saturated rings. The van der Waals surface area contributed by atoms with Gasteiger partial charge in [0.1, 0.15) is 0 Å². The van der Waals surface area contributed by atoms with Gasteiger partial charge in [-0.1, -0.05) is 49.1 Å². The van der Waals surface area contributed by atoms with Crippen LogP contribution < -0.4 is 0 Å². The number of terminal acetylenes is 1. The lowest BCUT2D eigenvalue weighted by molar-refractivity contribution is 0.895. The molecule has 0 radical (unpaired) electrons. The number of hydrogen-bond donors (Lipinski definition) is 0. The van der Waals surface area contributed by atoms with E-state index in [-0.39, 0.29) is 5.25 Å². The lowest BCUT2D eigenvalue weighted by Gasteiger charge is -2.10. The maximum Gasteiger partial charge on any atom is 0.0903 e. The van der Waals surface area contributed by atoms with Crippen LogP contribution in [0.5, 0.6) is 0 Å². The molecule has 80 valence electrons. The summed E-state index contributed by atoms with van der Waals surface area (Å²) in [6.07, 6.45) is 8.03. The Bertz CT molecular complexity index is 318. The highest BCUT2D eigenvalue weighted by atomic mass is 32.2. The average Bonchev–Trinajstić information content (AvgIpc) is 2.26. The van der Waals surface area contributed by atoms with Gasteiger partial charge in [0.15, 0.2) is 0 Å². The molecule has 0 spiro atoms. The van der Waals surface area contributed by atoms with E-state index in [2.05, 4.69) is 44.0 Å². The molecule has 0 N–H and O–H groups in total. The Labute approximate surface area is 97.5 Å². The fourth-order valence-electron chi connectivity index (χ4n) is 1.33. The van der Waals surface area contributed by atoms with Crippen LogP contribution in [0.15, 0.2) is 24.3 Å². The molecule has 0 aliphatic carbocycles. The normalized spacial score (nSPS) is 12.1. The van der Waals surface area contributed by atoms with Crippen LogP contribution in [0, 0.1) is 19.3 Å². The molecule has 0 nitrogen and oxygen atoms in total. The SMILES string of the molecule is C#CC(SCCCC)c1ccc(C)cc1. The number of thioether (sulfide) groups is 1. The molecule has 0 bridgehead atoms. The van der Waals surface area contributed by atoms with Crippen molar-refractivity contribution in [2.45, 2.75) is 31.9 Å². The van der Waals surface area contributed by atoms with Gasteiger partial charge in [0.2, 0.25) is 0 Å². The van der Waals surface area contributed by atoms with Crippen LogP contribution in [0.1, 0.15) is 36.1 Å². The summed E-state index contributed by atoms with van der Waals surface area (Å²) in [7, 11) is 0. The molecule has 0 saturated carbocycles. The molecule has 0 heterocycles. The van der Waals surface area contributed by atoms with Gasteiger partial charge >= 0.3 is 0 Å². The Hall–Kier alpha value is -0.870. The summed E-state index contributed by atoms with van der Waals surface area (Å²) in [6, 6.07) is 8.53. The fraction of sp³-hybridized carbons (Fsp3) is 0.429. The monoisotopic (exact) mass is 218 g/mol. The second-order valence-electron chi connectivity index (χ2n) is 3.68. The van der Waals surface area contributed by atoms with Gasteiger partial charge < -0.3 is 0 Å². The minimum Gasteiger partial charge on any atom is -0.141 e. The highest BCUT2D eigenvalue weighted by molar-refractivity contribution is 7.99. The first-order chi connectivity index (χ1) is 7.27. The van der Waals surface area contributed by atoms with Crippen LogP contribution in [0.4, 0.5) is 0 Å². The van der Waals surface area contributed by atoms with Gasteiger partial charge in [-0.15, -0.1) is 18.2 Å². The summed E-state index contributed by atoms with van der Waals surface area (Å²) in [6.45, 7) is 4.30. The maximum atomic E-state index is 5.55. The predicted molar refractivity (Wildman–Crippen MR) is 70.1 cm³/mol. The van der Waals surface area contributed by atoms with Crippen LogP contribution in [0.2, 0.25) is 0 Å². The van der Waals surface area contributed by atoms with Crippen LogP contribution in [0.25, 0.3) is 0 Å². The van der Waals surface area contributed by atoms with Crippen molar-refractivity contribution in [1.82, 2.24) is 0 Å². The average molecular weight is 218 g/mol. The summed E-state index contributed by atoms with van der Waals surface area (Å²) in [4.78, 5) is 0. The van der Waals surface area contributed by atoms with Crippen molar-refractivity contribution in [3.63, 3.8) is 0 Å². The van der Waals surface area contributed by atoms with E-state index in [0.717, 1.165) is 5.75 Å². The number of rotatable bonds is 5. The Kier molecular flexibility index (Phi) is 5.36. The number of benzene rings is 1. The maximum absolute atomic E-state index is 5.55. The van der Waals surface area contributed by atoms with Gasteiger partial charge in [0.25, 0.3) is 0 Å². The third-order valence-corrected chi connectivity index (χ3v) is 3.58. The standard InChI is InChI=1S/C14H18S/c1-4-6-11-15-14(5-2)13-9-7-12(3)8-10-13/h2,7-10,14H,4,6,11H2,1,3H3. The number of hydrogen-bond acceptors (Lipinski definition) is 1. The second kappa shape index (κ2) is 6.58. The minimum absolute atomic E-state index is 0.220. The summed E-state index contributed by atoms with van der Waals surface area (Å²) >= 11 is 1.87. The van der Waals surface area contributed by atoms with Crippen molar-refractivity contribution in [2.24, 2.45) is 0 Å². The summed E-state index contributed by atoms with van der Waals surface area (Å²) in [5.41, 5.74) is 2.54. The number of aryl methyl sites for hydroxylation is 1. The van der Waals surface area contributed by atoms with E-state index in [9.17, 15) is 0 Å². The molecule has 0 aliphatic heterocycles. The first-order valence-corrected chi connectivity index (χ1v) is 6.47. The summed E-state index contributed by atoms with van der Waals surface area (Å²) in [5.74, 6) is 4.01. The minimum atomic E-state index is 0.220. The van der Waals surface area contributed by atoms with Crippen molar-refractivity contribution >= 4 is 11.8 Å². The van der Waals surface area contributed by atoms with Crippen molar-refractivity contribution in [3.8, 4) is 12.3 Å². The topological polar surface area (TPSA) is 0 Å². The lowest BCUT2D eigenvalue weighted by Crippen LogP contribution is -1.92. The van der Waals surface area contributed by atoms with Crippen molar-refractivity contribution < 1.29 is 0 Å². The molecule has 0 amide bonds. The van der Waals surface area contributed by atoms with Gasteiger partial charge in [0.05, 0.1) is 5.25 Å². The molecule has 0 aliphatic rings. The van der Waals surface area contributed by atoms with E-state index in [1.165, 1.54) is 24.0 Å². The van der Waals surface area contributed by atoms with E-state index in [0.29, 0.717) is 0 Å². The Morgan fingerprint density at radius 3 is 2.53 bits per heavy atom. The molecule has 1 atom stereocenters. The molecule has 1 heteroatoms. The van der Waals surface area contributed by atoms with Crippen LogP contribution >= 0.6 is 11.8 Å². The summed E-state index contributed by atoms with van der Waals surface area (Å²) < 4.78 is 0. The van der Waals surface area contributed by atoms with Gasteiger partial charge in [0, 0.05) is 0 Å². The summed E-state index contributed by atoms with van der Waals surface area (Å²) in [5, 5.41) is 0.220. The lowest BCUT2D eigenvalue weighted by atomic mass is 10.1. The largest absolute Gasteiger partial charge is 0.141 e. The number of unbranched alkanes of at least 4 members (excludes halogenated alkanes) is 1. The van der Waals surface area contributed by atoms with Crippen LogP contribution in [0.3, 0.4) is 0 Å². The van der Waals surface area contributed by atoms with E-state index in [1.807, 2.05) is 11.8 Å². The highest BCUT2D eigenvalue weighted by Gasteiger charge is 2.07. The fourth-order valence-corrected chi connectivity index (χ4v) is 2.46. The quantitative estimate of drug-likeness (QED) is 0.527. The molecular weight excluding hydrogens is 200 g/mol. The predicted octanol–water partition coefficient (Wildman–Crippen LogP) is 4.20. The zero-order valence-electron chi connectivity index (χ0n) is 9.49. The molecule has 1 rings (SSSR count). The smallest absolute Gasteiger partial charge is 0.0903 e. The van der Waals surface area contributed by atoms with Gasteiger partial charge in [-0.3, -0.25) is 0 Å². The Balaban J connectivity index is 2.59. The van der Waals surface area contributed by atoms with Crippen molar-refractivity contribution in [3.05, 3.63) is 35.4 Å². The zero-order valence-corrected chi connectivity index (χ0v) is 10.3. The molecule has 1 aromatic carbocycles. The van der Waals surface area contributed by atoms with Crippen molar-refractivity contribution in [1.29, 1.82) is 0 Å². The molecule has 15 heavy (non-hydrogen) atoms. The Morgan fingerprint density at radius 1 is 1.33 bits per heavy atom. The van der Waals surface area contributed by atoms with Crippen molar-refractivity contribution in [2.75, 3.05) is 5.75 Å². The molecule has 1 unspecified atom stereocenters. The van der Waals surface area contributed by atoms with Gasteiger partial charge in [-0.2, -0.15) is 0 Å². The van der Waals surface area contributed by atoms with E-state index in [1.54, 1.807) is 0 Å². The molecule has 0 aromatic heterocycles. The highest BCUT2D eigenvalue weighted by Crippen LogP contribution is 2.28. The molecular formula is C14H18S. The van der Waals surface area contributed by atoms with E-state index < -0.39 is 0 Å².